The molecule has 0 aromatic carbocycles. The number of rotatable bonds is 3. The maximum absolute atomic E-state index is 10.4. The van der Waals surface area contributed by atoms with Crippen LogP contribution in [-0.4, -0.2) is 18.9 Å². The second-order valence-corrected chi connectivity index (χ2v) is 3.88. The monoisotopic (exact) mass is 155 g/mol. The highest BCUT2D eigenvalue weighted by molar-refractivity contribution is 5.58. The molecule has 1 saturated heterocycles. The molecule has 0 saturated carbocycles. The van der Waals surface area contributed by atoms with E-state index in [1.165, 1.54) is 6.42 Å². The lowest BCUT2D eigenvalue weighted by molar-refractivity contribution is -0.109. The van der Waals surface area contributed by atoms with E-state index in [0.29, 0.717) is 0 Å². The molecule has 64 valence electrons. The van der Waals surface area contributed by atoms with E-state index in [-0.39, 0.29) is 6.04 Å². The van der Waals surface area contributed by atoms with Crippen molar-refractivity contribution in [1.29, 1.82) is 0 Å². The number of nitrogens with one attached hydrogen (secondary N) is 1. The Kier molecular flexibility index (Phi) is 3.06. The Bertz CT molecular complexity index is 134. The molecule has 1 aliphatic rings. The van der Waals surface area contributed by atoms with E-state index in [9.17, 15) is 4.79 Å². The highest BCUT2D eigenvalue weighted by Crippen LogP contribution is 2.20. The quantitative estimate of drug-likeness (QED) is 0.621. The molecule has 0 amide bonds. The minimum Gasteiger partial charge on any atom is -0.307 e. The van der Waals surface area contributed by atoms with Crippen molar-refractivity contribution in [3.63, 3.8) is 0 Å². The summed E-state index contributed by atoms with van der Waals surface area (Å²) in [7, 11) is 0. The smallest absolute Gasteiger partial charge is 0.136 e. The van der Waals surface area contributed by atoms with Crippen LogP contribution in [-0.2, 0) is 4.79 Å². The summed E-state index contributed by atoms with van der Waals surface area (Å²) in [5.74, 6) is 1.48. The zero-order valence-corrected chi connectivity index (χ0v) is 7.34. The summed E-state index contributed by atoms with van der Waals surface area (Å²) in [6.07, 6.45) is 3.32. The van der Waals surface area contributed by atoms with Gasteiger partial charge in [0.15, 0.2) is 0 Å². The molecule has 0 aliphatic carbocycles. The SMILES string of the molecule is CC(C)C[C@@H]1CNC(C=O)C1. The van der Waals surface area contributed by atoms with Crippen LogP contribution in [0.3, 0.4) is 0 Å². The third-order valence-corrected chi connectivity index (χ3v) is 2.22. The third-order valence-electron chi connectivity index (χ3n) is 2.22. The lowest BCUT2D eigenvalue weighted by Gasteiger charge is -2.10. The highest BCUT2D eigenvalue weighted by Gasteiger charge is 2.23. The molecule has 1 rings (SSSR count). The fourth-order valence-corrected chi connectivity index (χ4v) is 1.79. The number of aldehydes is 1. The van der Waals surface area contributed by atoms with Crippen molar-refractivity contribution < 1.29 is 4.79 Å². The zero-order chi connectivity index (χ0) is 8.27. The third kappa shape index (κ3) is 2.62. The van der Waals surface area contributed by atoms with E-state index in [2.05, 4.69) is 19.2 Å². The molecule has 1 fully saturated rings. The fourth-order valence-electron chi connectivity index (χ4n) is 1.79. The summed E-state index contributed by atoms with van der Waals surface area (Å²) in [5.41, 5.74) is 0. The predicted molar refractivity (Wildman–Crippen MR) is 45.4 cm³/mol. The Morgan fingerprint density at radius 3 is 2.82 bits per heavy atom. The molecule has 0 aromatic heterocycles. The van der Waals surface area contributed by atoms with Gasteiger partial charge >= 0.3 is 0 Å². The molecule has 0 spiro atoms. The summed E-state index contributed by atoms with van der Waals surface area (Å²) in [6.45, 7) is 5.49. The van der Waals surface area contributed by atoms with Crippen molar-refractivity contribution in [2.45, 2.75) is 32.7 Å². The van der Waals surface area contributed by atoms with Gasteiger partial charge in [0.1, 0.15) is 6.29 Å². The fraction of sp³-hybridized carbons (Fsp3) is 0.889. The predicted octanol–water partition coefficient (Wildman–Crippen LogP) is 1.21. The van der Waals surface area contributed by atoms with Crippen molar-refractivity contribution in [3.05, 3.63) is 0 Å². The molecule has 2 nitrogen and oxygen atoms in total. The average molecular weight is 155 g/mol. The molecule has 0 radical (unpaired) electrons. The second-order valence-electron chi connectivity index (χ2n) is 3.88. The van der Waals surface area contributed by atoms with Crippen molar-refractivity contribution in [2.75, 3.05) is 6.54 Å². The van der Waals surface area contributed by atoms with Gasteiger partial charge in [0, 0.05) is 0 Å². The Morgan fingerprint density at radius 1 is 1.64 bits per heavy atom. The molecule has 1 unspecified atom stereocenters. The summed E-state index contributed by atoms with van der Waals surface area (Å²) in [6, 6.07) is 0.138. The van der Waals surface area contributed by atoms with Gasteiger partial charge in [0.2, 0.25) is 0 Å². The maximum Gasteiger partial charge on any atom is 0.136 e. The zero-order valence-electron chi connectivity index (χ0n) is 7.34. The molecule has 1 heterocycles. The molecule has 2 atom stereocenters. The summed E-state index contributed by atoms with van der Waals surface area (Å²) < 4.78 is 0. The van der Waals surface area contributed by atoms with Crippen LogP contribution in [0.15, 0.2) is 0 Å². The number of carbonyl (C=O) groups excluding carboxylic acids is 1. The van der Waals surface area contributed by atoms with Crippen LogP contribution in [0.5, 0.6) is 0 Å². The van der Waals surface area contributed by atoms with Crippen LogP contribution in [0, 0.1) is 11.8 Å². The number of hydrogen-bond acceptors (Lipinski definition) is 2. The lowest BCUT2D eigenvalue weighted by Crippen LogP contribution is -2.22. The molecule has 1 aliphatic heterocycles. The number of hydrogen-bond donors (Lipinski definition) is 1. The van der Waals surface area contributed by atoms with E-state index >= 15 is 0 Å². The molecular weight excluding hydrogens is 138 g/mol. The van der Waals surface area contributed by atoms with Crippen molar-refractivity contribution in [3.8, 4) is 0 Å². The van der Waals surface area contributed by atoms with Crippen molar-refractivity contribution in [2.24, 2.45) is 11.8 Å². The first-order chi connectivity index (χ1) is 5.22. The van der Waals surface area contributed by atoms with E-state index in [1.54, 1.807) is 0 Å². The van der Waals surface area contributed by atoms with Crippen molar-refractivity contribution in [1.82, 2.24) is 5.32 Å². The van der Waals surface area contributed by atoms with Crippen LogP contribution in [0.4, 0.5) is 0 Å². The van der Waals surface area contributed by atoms with Gasteiger partial charge in [-0.3, -0.25) is 0 Å². The Balaban J connectivity index is 2.24. The molecule has 11 heavy (non-hydrogen) atoms. The first-order valence-corrected chi connectivity index (χ1v) is 4.41. The lowest BCUT2D eigenvalue weighted by atomic mass is 9.95. The average Bonchev–Trinajstić information content (AvgIpc) is 2.34. The molecule has 1 N–H and O–H groups in total. The Hall–Kier alpha value is -0.370. The van der Waals surface area contributed by atoms with E-state index in [1.807, 2.05) is 0 Å². The molecule has 2 heteroatoms. The Morgan fingerprint density at radius 2 is 2.36 bits per heavy atom. The van der Waals surface area contributed by atoms with Gasteiger partial charge in [-0.15, -0.1) is 0 Å². The second kappa shape index (κ2) is 3.86. The first kappa shape index (κ1) is 8.72. The van der Waals surface area contributed by atoms with Gasteiger partial charge in [0.25, 0.3) is 0 Å². The molecule has 0 bridgehead atoms. The van der Waals surface area contributed by atoms with E-state index < -0.39 is 0 Å². The van der Waals surface area contributed by atoms with E-state index in [4.69, 9.17) is 0 Å². The van der Waals surface area contributed by atoms with Crippen LogP contribution in [0.25, 0.3) is 0 Å². The van der Waals surface area contributed by atoms with Gasteiger partial charge < -0.3 is 10.1 Å². The number of carbonyl (C=O) groups is 1. The topological polar surface area (TPSA) is 29.1 Å². The van der Waals surface area contributed by atoms with Crippen molar-refractivity contribution >= 4 is 6.29 Å². The largest absolute Gasteiger partial charge is 0.307 e. The van der Waals surface area contributed by atoms with Gasteiger partial charge in [-0.2, -0.15) is 0 Å². The maximum atomic E-state index is 10.4. The summed E-state index contributed by atoms with van der Waals surface area (Å²) >= 11 is 0. The first-order valence-electron chi connectivity index (χ1n) is 4.41. The van der Waals surface area contributed by atoms with Gasteiger partial charge in [-0.1, -0.05) is 13.8 Å². The standard InChI is InChI=1S/C9H17NO/c1-7(2)3-8-4-9(6-11)10-5-8/h6-10H,3-5H2,1-2H3/t8-,9?/m0/s1. The normalized spacial score (nSPS) is 31.2. The van der Waals surface area contributed by atoms with Crippen LogP contribution >= 0.6 is 0 Å². The van der Waals surface area contributed by atoms with E-state index in [0.717, 1.165) is 31.1 Å². The van der Waals surface area contributed by atoms with Gasteiger partial charge in [0.05, 0.1) is 6.04 Å². The minimum atomic E-state index is 0.138. The van der Waals surface area contributed by atoms with Gasteiger partial charge in [-0.05, 0) is 31.2 Å². The van der Waals surface area contributed by atoms with Gasteiger partial charge in [-0.25, -0.2) is 0 Å². The molecular formula is C9H17NO. The minimum absolute atomic E-state index is 0.138. The molecule has 0 aromatic rings. The summed E-state index contributed by atoms with van der Waals surface area (Å²) in [5, 5.41) is 3.19. The summed E-state index contributed by atoms with van der Waals surface area (Å²) in [4.78, 5) is 10.4. The van der Waals surface area contributed by atoms with Crippen LogP contribution in [0.2, 0.25) is 0 Å². The van der Waals surface area contributed by atoms with Crippen LogP contribution in [0.1, 0.15) is 26.7 Å². The highest BCUT2D eigenvalue weighted by atomic mass is 16.1. The van der Waals surface area contributed by atoms with Crippen LogP contribution < -0.4 is 5.32 Å². The Labute approximate surface area is 68.4 Å².